The van der Waals surface area contributed by atoms with E-state index in [9.17, 15) is 4.79 Å². The van der Waals surface area contributed by atoms with Crippen LogP contribution in [0.1, 0.15) is 5.56 Å². The van der Waals surface area contributed by atoms with E-state index in [1.807, 2.05) is 24.3 Å². The lowest BCUT2D eigenvalue weighted by Gasteiger charge is -2.09. The van der Waals surface area contributed by atoms with Crippen molar-refractivity contribution in [2.45, 2.75) is 0 Å². The number of aromatic nitrogens is 1. The summed E-state index contributed by atoms with van der Waals surface area (Å²) in [5.74, 6) is 0.441. The summed E-state index contributed by atoms with van der Waals surface area (Å²) in [5, 5.41) is 6.86. The zero-order valence-electron chi connectivity index (χ0n) is 11.6. The third-order valence-corrected chi connectivity index (χ3v) is 2.66. The lowest BCUT2D eigenvalue weighted by Crippen LogP contribution is -2.26. The van der Waals surface area contributed by atoms with Gasteiger partial charge in [-0.1, -0.05) is 12.1 Å². The summed E-state index contributed by atoms with van der Waals surface area (Å²) in [6.45, 7) is 0.105. The number of anilines is 1. The third-order valence-electron chi connectivity index (χ3n) is 2.66. The Morgan fingerprint density at radius 1 is 1.29 bits per heavy atom. The quantitative estimate of drug-likeness (QED) is 0.625. The first-order valence-corrected chi connectivity index (χ1v) is 6.38. The minimum Gasteiger partial charge on any atom is -0.495 e. The molecule has 2 N–H and O–H groups in total. The van der Waals surface area contributed by atoms with Crippen LogP contribution in [-0.2, 0) is 4.79 Å². The van der Waals surface area contributed by atoms with Crippen LogP contribution in [0.2, 0.25) is 0 Å². The second-order valence-electron chi connectivity index (χ2n) is 4.13. The molecule has 2 aromatic rings. The molecule has 0 aliphatic rings. The molecule has 0 aliphatic carbocycles. The van der Waals surface area contributed by atoms with Crippen LogP contribution < -0.4 is 15.5 Å². The molecule has 0 atom stereocenters. The van der Waals surface area contributed by atoms with Gasteiger partial charge < -0.3 is 10.1 Å². The summed E-state index contributed by atoms with van der Waals surface area (Å²) >= 11 is 0. The van der Waals surface area contributed by atoms with E-state index in [0.29, 0.717) is 5.75 Å². The molecule has 6 heteroatoms. The monoisotopic (exact) mass is 284 g/mol. The lowest BCUT2D eigenvalue weighted by molar-refractivity contribution is -0.119. The Kier molecular flexibility index (Phi) is 5.28. The van der Waals surface area contributed by atoms with E-state index in [1.165, 1.54) is 0 Å². The van der Waals surface area contributed by atoms with Gasteiger partial charge >= 0.3 is 0 Å². The molecule has 0 bridgehead atoms. The van der Waals surface area contributed by atoms with Gasteiger partial charge in [-0.15, -0.1) is 0 Å². The minimum absolute atomic E-state index is 0.105. The maximum absolute atomic E-state index is 11.7. The molecule has 1 aromatic carbocycles. The van der Waals surface area contributed by atoms with Gasteiger partial charge in [0, 0.05) is 12.4 Å². The predicted octanol–water partition coefficient (Wildman–Crippen LogP) is 1.65. The molecule has 2 rings (SSSR count). The molecule has 0 fully saturated rings. The highest BCUT2D eigenvalue weighted by Gasteiger charge is 2.03. The number of pyridine rings is 1. The smallest absolute Gasteiger partial charge is 0.259 e. The number of methoxy groups -OCH3 is 1. The maximum Gasteiger partial charge on any atom is 0.259 e. The number of rotatable bonds is 6. The normalized spacial score (nSPS) is 10.3. The van der Waals surface area contributed by atoms with Crippen LogP contribution in [-0.4, -0.2) is 30.8 Å². The van der Waals surface area contributed by atoms with Crippen molar-refractivity contribution in [2.24, 2.45) is 5.10 Å². The van der Waals surface area contributed by atoms with E-state index in [0.717, 1.165) is 11.3 Å². The molecule has 0 radical (unpaired) electrons. The maximum atomic E-state index is 11.7. The minimum atomic E-state index is -0.244. The molecular weight excluding hydrogens is 268 g/mol. The zero-order chi connectivity index (χ0) is 14.9. The molecule has 21 heavy (non-hydrogen) atoms. The molecule has 0 saturated carbocycles. The van der Waals surface area contributed by atoms with Crippen molar-refractivity contribution < 1.29 is 9.53 Å². The third kappa shape index (κ3) is 4.61. The Morgan fingerprint density at radius 3 is 2.81 bits per heavy atom. The molecule has 1 heterocycles. The number of amides is 1. The Bertz CT molecular complexity index is 614. The van der Waals surface area contributed by atoms with E-state index in [4.69, 9.17) is 4.74 Å². The highest BCUT2D eigenvalue weighted by Crippen LogP contribution is 2.22. The summed E-state index contributed by atoms with van der Waals surface area (Å²) in [4.78, 5) is 15.6. The molecule has 1 amide bonds. The molecule has 0 saturated heterocycles. The predicted molar refractivity (Wildman–Crippen MR) is 81.5 cm³/mol. The summed E-state index contributed by atoms with van der Waals surface area (Å²) in [5.41, 5.74) is 4.07. The number of para-hydroxylation sites is 2. The highest BCUT2D eigenvalue weighted by molar-refractivity contribution is 5.84. The van der Waals surface area contributed by atoms with Crippen LogP contribution in [0.5, 0.6) is 5.75 Å². The number of carbonyl (C=O) groups excluding carboxylic acids is 1. The summed E-state index contributed by atoms with van der Waals surface area (Å²) in [7, 11) is 1.58. The Hall–Kier alpha value is -2.89. The second-order valence-corrected chi connectivity index (χ2v) is 4.13. The SMILES string of the molecule is COc1ccccc1NCC(=O)NN=Cc1ccncc1. The number of benzene rings is 1. The molecular formula is C15H16N4O2. The van der Waals surface area contributed by atoms with Gasteiger partial charge in [0.15, 0.2) is 0 Å². The fourth-order valence-electron chi connectivity index (χ4n) is 1.63. The van der Waals surface area contributed by atoms with Crippen LogP contribution in [0.25, 0.3) is 0 Å². The largest absolute Gasteiger partial charge is 0.495 e. The van der Waals surface area contributed by atoms with Crippen molar-refractivity contribution in [3.05, 3.63) is 54.4 Å². The molecule has 0 aliphatic heterocycles. The summed E-state index contributed by atoms with van der Waals surface area (Å²) in [6.07, 6.45) is 4.88. The Morgan fingerprint density at radius 2 is 2.05 bits per heavy atom. The topological polar surface area (TPSA) is 75.6 Å². The van der Waals surface area contributed by atoms with Gasteiger partial charge in [0.05, 0.1) is 25.6 Å². The fourth-order valence-corrected chi connectivity index (χ4v) is 1.63. The van der Waals surface area contributed by atoms with E-state index >= 15 is 0 Å². The van der Waals surface area contributed by atoms with Crippen LogP contribution in [0, 0.1) is 0 Å². The fraction of sp³-hybridized carbons (Fsp3) is 0.133. The molecule has 108 valence electrons. The standard InChI is InChI=1S/C15H16N4O2/c1-21-14-5-3-2-4-13(14)17-11-15(20)19-18-10-12-6-8-16-9-7-12/h2-10,17H,11H2,1H3,(H,19,20). The average Bonchev–Trinajstić information content (AvgIpc) is 2.54. The van der Waals surface area contributed by atoms with Gasteiger partial charge in [0.1, 0.15) is 5.75 Å². The lowest BCUT2D eigenvalue weighted by atomic mass is 10.3. The van der Waals surface area contributed by atoms with Crippen molar-refractivity contribution in [3.8, 4) is 5.75 Å². The average molecular weight is 284 g/mol. The number of hydrazone groups is 1. The first-order valence-electron chi connectivity index (χ1n) is 6.38. The van der Waals surface area contributed by atoms with Crippen molar-refractivity contribution in [1.82, 2.24) is 10.4 Å². The summed E-state index contributed by atoms with van der Waals surface area (Å²) < 4.78 is 5.19. The van der Waals surface area contributed by atoms with E-state index in [2.05, 4.69) is 20.8 Å². The van der Waals surface area contributed by atoms with Gasteiger partial charge in [-0.3, -0.25) is 9.78 Å². The Balaban J connectivity index is 1.81. The van der Waals surface area contributed by atoms with Gasteiger partial charge in [-0.2, -0.15) is 5.10 Å². The molecule has 6 nitrogen and oxygen atoms in total. The molecule has 0 spiro atoms. The van der Waals surface area contributed by atoms with Crippen molar-refractivity contribution in [3.63, 3.8) is 0 Å². The zero-order valence-corrected chi connectivity index (χ0v) is 11.6. The van der Waals surface area contributed by atoms with E-state index < -0.39 is 0 Å². The van der Waals surface area contributed by atoms with Crippen LogP contribution in [0.15, 0.2) is 53.9 Å². The summed E-state index contributed by atoms with van der Waals surface area (Å²) in [6, 6.07) is 11.0. The Labute approximate surface area is 122 Å². The van der Waals surface area contributed by atoms with Crippen molar-refractivity contribution in [1.29, 1.82) is 0 Å². The number of nitrogens with one attached hydrogen (secondary N) is 2. The van der Waals surface area contributed by atoms with E-state index in [1.54, 1.807) is 37.9 Å². The number of carbonyl (C=O) groups is 1. The number of hydrogen-bond acceptors (Lipinski definition) is 5. The second kappa shape index (κ2) is 7.64. The van der Waals surface area contributed by atoms with Crippen LogP contribution in [0.3, 0.4) is 0 Å². The van der Waals surface area contributed by atoms with E-state index in [-0.39, 0.29) is 12.5 Å². The number of ether oxygens (including phenoxy) is 1. The van der Waals surface area contributed by atoms with Gasteiger partial charge in [0.2, 0.25) is 0 Å². The first-order chi connectivity index (χ1) is 10.3. The van der Waals surface area contributed by atoms with Gasteiger partial charge in [0.25, 0.3) is 5.91 Å². The van der Waals surface area contributed by atoms with Gasteiger partial charge in [-0.25, -0.2) is 5.43 Å². The van der Waals surface area contributed by atoms with Crippen LogP contribution >= 0.6 is 0 Å². The van der Waals surface area contributed by atoms with Crippen molar-refractivity contribution >= 4 is 17.8 Å². The number of nitrogens with zero attached hydrogens (tertiary/aromatic N) is 2. The van der Waals surface area contributed by atoms with Crippen LogP contribution in [0.4, 0.5) is 5.69 Å². The molecule has 0 unspecified atom stereocenters. The number of hydrogen-bond donors (Lipinski definition) is 2. The van der Waals surface area contributed by atoms with Crippen molar-refractivity contribution in [2.75, 3.05) is 19.0 Å². The molecule has 1 aromatic heterocycles. The first kappa shape index (κ1) is 14.5. The van der Waals surface area contributed by atoms with Gasteiger partial charge in [-0.05, 0) is 29.8 Å². The highest BCUT2D eigenvalue weighted by atomic mass is 16.5.